The molecule has 0 spiro atoms. The third-order valence-electron chi connectivity index (χ3n) is 8.48. The molecule has 1 aliphatic heterocycles. The fraction of sp³-hybridized carbons (Fsp3) is 0.800. The van der Waals surface area contributed by atoms with Crippen LogP contribution in [0.15, 0.2) is 12.4 Å². The van der Waals surface area contributed by atoms with E-state index < -0.39 is 0 Å². The number of fused-ring (bicyclic) bond motifs is 2. The molecule has 1 aromatic rings. The average molecular weight is 325 g/mol. The zero-order valence-corrected chi connectivity index (χ0v) is 14.5. The van der Waals surface area contributed by atoms with Crippen LogP contribution in [0.3, 0.4) is 0 Å². The summed E-state index contributed by atoms with van der Waals surface area (Å²) in [6, 6.07) is 0.485. The highest BCUT2D eigenvalue weighted by Gasteiger charge is 2.90. The summed E-state index contributed by atoms with van der Waals surface area (Å²) in [5, 5.41) is 4.58. The van der Waals surface area contributed by atoms with Gasteiger partial charge in [0, 0.05) is 19.3 Å². The van der Waals surface area contributed by atoms with Crippen LogP contribution in [-0.2, 0) is 11.2 Å². The molecule has 0 aromatic carbocycles. The lowest BCUT2D eigenvalue weighted by Gasteiger charge is -2.90. The molecule has 4 atom stereocenters. The monoisotopic (exact) mass is 325 g/mol. The normalized spacial score (nSPS) is 44.7. The molecule has 5 fully saturated rings. The molecule has 1 saturated heterocycles. The molecule has 0 N–H and O–H groups in total. The highest BCUT2D eigenvalue weighted by atomic mass is 16.2. The van der Waals surface area contributed by atoms with Crippen LogP contribution < -0.4 is 0 Å². The molecule has 6 rings (SSSR count). The largest absolute Gasteiger partial charge is 0.342 e. The zero-order valence-electron chi connectivity index (χ0n) is 14.5. The number of hydrogen-bond acceptors (Lipinski definition) is 2. The molecule has 4 nitrogen and oxygen atoms in total. The number of carbonyl (C=O) groups is 1. The van der Waals surface area contributed by atoms with Crippen LogP contribution in [0, 0.1) is 35.0 Å². The molecular weight excluding hydrogens is 298 g/mol. The molecule has 2 heterocycles. The Morgan fingerprint density at radius 2 is 2.00 bits per heavy atom. The van der Waals surface area contributed by atoms with E-state index in [1.165, 1.54) is 24.8 Å². The Balaban J connectivity index is 1.12. The van der Waals surface area contributed by atoms with Gasteiger partial charge < -0.3 is 4.90 Å². The third-order valence-corrected chi connectivity index (χ3v) is 8.48. The standard InChI is InChI=1S/C20H27N3O/c1-2-3-12-10-21-23(11-12)13-4-6-22(7-5-13)19(24)20-16-9-17(20)15-8-14(16)18(15)20/h10-11,13-18H,2-9H2,1H3. The van der Waals surface area contributed by atoms with Gasteiger partial charge in [-0.15, -0.1) is 0 Å². The summed E-state index contributed by atoms with van der Waals surface area (Å²) in [5.74, 6) is 4.82. The Kier molecular flexibility index (Phi) is 2.58. The number of amides is 1. The summed E-state index contributed by atoms with van der Waals surface area (Å²) < 4.78 is 2.16. The molecule has 0 radical (unpaired) electrons. The first kappa shape index (κ1) is 13.9. The van der Waals surface area contributed by atoms with E-state index in [1.54, 1.807) is 0 Å². The first-order chi connectivity index (χ1) is 11.7. The number of aryl methyl sites for hydroxylation is 1. The summed E-state index contributed by atoms with van der Waals surface area (Å²) in [6.07, 6.45) is 11.5. The van der Waals surface area contributed by atoms with E-state index in [-0.39, 0.29) is 5.41 Å². The first-order valence-electron chi connectivity index (χ1n) is 10.1. The summed E-state index contributed by atoms with van der Waals surface area (Å²) in [7, 11) is 0. The number of aromatic nitrogens is 2. The molecular formula is C20H27N3O. The van der Waals surface area contributed by atoms with Gasteiger partial charge in [-0.2, -0.15) is 5.10 Å². The summed E-state index contributed by atoms with van der Waals surface area (Å²) in [4.78, 5) is 15.4. The van der Waals surface area contributed by atoms with Gasteiger partial charge in [-0.25, -0.2) is 0 Å². The van der Waals surface area contributed by atoms with E-state index in [2.05, 4.69) is 27.8 Å². The molecule has 1 amide bonds. The Morgan fingerprint density at radius 1 is 1.25 bits per heavy atom. The summed E-state index contributed by atoms with van der Waals surface area (Å²) in [5.41, 5.74) is 1.52. The maximum atomic E-state index is 13.2. The number of carbonyl (C=O) groups excluding carboxylic acids is 1. The predicted octanol–water partition coefficient (Wildman–Crippen LogP) is 2.90. The van der Waals surface area contributed by atoms with Gasteiger partial charge in [-0.3, -0.25) is 9.48 Å². The van der Waals surface area contributed by atoms with Crippen molar-refractivity contribution in [2.45, 2.75) is 51.5 Å². The lowest BCUT2D eigenvalue weighted by molar-refractivity contribution is -0.420. The highest BCUT2D eigenvalue weighted by Crippen LogP contribution is 2.91. The topological polar surface area (TPSA) is 38.1 Å². The van der Waals surface area contributed by atoms with Crippen molar-refractivity contribution >= 4 is 5.91 Å². The third kappa shape index (κ3) is 1.36. The van der Waals surface area contributed by atoms with Gasteiger partial charge in [0.25, 0.3) is 0 Å². The number of piperidine rings is 1. The van der Waals surface area contributed by atoms with Gasteiger partial charge in [0.15, 0.2) is 0 Å². The van der Waals surface area contributed by atoms with E-state index in [4.69, 9.17) is 0 Å². The maximum absolute atomic E-state index is 13.2. The van der Waals surface area contributed by atoms with E-state index in [1.807, 2.05) is 6.20 Å². The highest BCUT2D eigenvalue weighted by molar-refractivity contribution is 5.89. The second kappa shape index (κ2) is 4.44. The summed E-state index contributed by atoms with van der Waals surface area (Å²) in [6.45, 7) is 4.09. The van der Waals surface area contributed by atoms with Gasteiger partial charge in [-0.1, -0.05) is 13.3 Å². The van der Waals surface area contributed by atoms with Gasteiger partial charge in [0.05, 0.1) is 17.7 Å². The van der Waals surface area contributed by atoms with Gasteiger partial charge >= 0.3 is 0 Å². The maximum Gasteiger partial charge on any atom is 0.229 e. The average Bonchev–Trinajstić information content (AvgIpc) is 3.08. The van der Waals surface area contributed by atoms with E-state index in [9.17, 15) is 4.79 Å². The molecule has 0 bridgehead atoms. The van der Waals surface area contributed by atoms with Crippen molar-refractivity contribution in [1.29, 1.82) is 0 Å². The van der Waals surface area contributed by atoms with Crippen LogP contribution in [0.4, 0.5) is 0 Å². The molecule has 4 aliphatic carbocycles. The van der Waals surface area contributed by atoms with E-state index in [0.717, 1.165) is 61.9 Å². The van der Waals surface area contributed by atoms with Gasteiger partial charge in [0.1, 0.15) is 0 Å². The molecule has 5 aliphatic rings. The van der Waals surface area contributed by atoms with Crippen LogP contribution in [0.1, 0.15) is 50.6 Å². The Labute approximate surface area is 143 Å². The van der Waals surface area contributed by atoms with Crippen molar-refractivity contribution in [3.8, 4) is 0 Å². The van der Waals surface area contributed by atoms with Crippen LogP contribution in [0.5, 0.6) is 0 Å². The lowest BCUT2D eigenvalue weighted by atomic mass is 9.13. The van der Waals surface area contributed by atoms with Crippen LogP contribution >= 0.6 is 0 Å². The SMILES string of the molecule is CCCc1cnn(C2CCN(C(=O)C34C5CC3C3CC5C34)CC2)c1. The number of likely N-dealkylation sites (tertiary alicyclic amines) is 1. The predicted molar refractivity (Wildman–Crippen MR) is 90.2 cm³/mol. The van der Waals surface area contributed by atoms with Crippen molar-refractivity contribution in [2.24, 2.45) is 35.0 Å². The quantitative estimate of drug-likeness (QED) is 0.854. The molecule has 4 heteroatoms. The minimum absolute atomic E-state index is 0.167. The van der Waals surface area contributed by atoms with Crippen molar-refractivity contribution in [3.05, 3.63) is 18.0 Å². The fourth-order valence-corrected chi connectivity index (χ4v) is 7.42. The van der Waals surface area contributed by atoms with Gasteiger partial charge in [0.2, 0.25) is 5.91 Å². The van der Waals surface area contributed by atoms with Crippen molar-refractivity contribution in [3.63, 3.8) is 0 Å². The summed E-state index contributed by atoms with van der Waals surface area (Å²) >= 11 is 0. The van der Waals surface area contributed by atoms with Gasteiger partial charge in [-0.05, 0) is 67.3 Å². The van der Waals surface area contributed by atoms with Crippen molar-refractivity contribution < 1.29 is 4.79 Å². The Morgan fingerprint density at radius 3 is 2.62 bits per heavy atom. The number of rotatable bonds is 4. The van der Waals surface area contributed by atoms with Crippen LogP contribution in [0.2, 0.25) is 0 Å². The molecule has 1 aromatic heterocycles. The number of hydrogen-bond donors (Lipinski definition) is 0. The second-order valence-electron chi connectivity index (χ2n) is 9.07. The molecule has 4 unspecified atom stereocenters. The second-order valence-corrected chi connectivity index (χ2v) is 9.07. The van der Waals surface area contributed by atoms with Crippen molar-refractivity contribution in [2.75, 3.05) is 13.1 Å². The first-order valence-corrected chi connectivity index (χ1v) is 10.1. The minimum atomic E-state index is 0.167. The lowest BCUT2D eigenvalue weighted by Crippen LogP contribution is -2.90. The minimum Gasteiger partial charge on any atom is -0.342 e. The van der Waals surface area contributed by atoms with Crippen molar-refractivity contribution in [1.82, 2.24) is 14.7 Å². The van der Waals surface area contributed by atoms with E-state index in [0.29, 0.717) is 11.9 Å². The Bertz CT molecular complexity index is 672. The molecule has 24 heavy (non-hydrogen) atoms. The van der Waals surface area contributed by atoms with Crippen LogP contribution in [0.25, 0.3) is 0 Å². The molecule has 4 saturated carbocycles. The molecule has 128 valence electrons. The smallest absolute Gasteiger partial charge is 0.229 e. The Hall–Kier alpha value is -1.32. The number of nitrogens with zero attached hydrogens (tertiary/aromatic N) is 3. The fourth-order valence-electron chi connectivity index (χ4n) is 7.42. The zero-order chi connectivity index (χ0) is 16.1. The van der Waals surface area contributed by atoms with Crippen LogP contribution in [-0.4, -0.2) is 33.7 Å². The van der Waals surface area contributed by atoms with E-state index >= 15 is 0 Å².